The second-order valence-electron chi connectivity index (χ2n) is 7.05. The summed E-state index contributed by atoms with van der Waals surface area (Å²) in [5, 5.41) is 0. The molecule has 0 aliphatic heterocycles. The first-order valence-corrected chi connectivity index (χ1v) is 9.91. The number of rotatable bonds is 15. The average Bonchev–Trinajstić information content (AvgIpc) is 2.51. The molecule has 0 aliphatic rings. The highest BCUT2D eigenvalue weighted by Crippen LogP contribution is 2.12. The number of ether oxygens (including phenoxy) is 2. The minimum atomic E-state index is -0.519. The molecule has 0 amide bonds. The van der Waals surface area contributed by atoms with Gasteiger partial charge in [0.1, 0.15) is 6.10 Å². The summed E-state index contributed by atoms with van der Waals surface area (Å²) in [7, 11) is 0. The zero-order chi connectivity index (χ0) is 17.3. The summed E-state index contributed by atoms with van der Waals surface area (Å²) in [6.07, 6.45) is 15.1. The van der Waals surface area contributed by atoms with Crippen LogP contribution in [-0.4, -0.2) is 18.9 Å². The predicted molar refractivity (Wildman–Crippen MR) is 97.8 cm³/mol. The van der Waals surface area contributed by atoms with Crippen LogP contribution in [0.3, 0.4) is 0 Å². The van der Waals surface area contributed by atoms with Gasteiger partial charge in [-0.15, -0.1) is 0 Å². The topological polar surface area (TPSA) is 35.5 Å². The predicted octanol–water partition coefficient (Wildman–Crippen LogP) is 6.89. The van der Waals surface area contributed by atoms with Gasteiger partial charge in [0.15, 0.2) is 0 Å². The van der Waals surface area contributed by atoms with Crippen molar-refractivity contribution in [2.24, 2.45) is 5.92 Å². The van der Waals surface area contributed by atoms with Crippen molar-refractivity contribution >= 4 is 6.16 Å². The molecular formula is C20H40O3. The molecule has 0 radical (unpaired) electrons. The quantitative estimate of drug-likeness (QED) is 0.243. The Labute approximate surface area is 144 Å². The van der Waals surface area contributed by atoms with Crippen molar-refractivity contribution < 1.29 is 14.3 Å². The Bertz CT molecular complexity index is 264. The Morgan fingerprint density at radius 2 is 1.17 bits per heavy atom. The van der Waals surface area contributed by atoms with Crippen LogP contribution in [0.15, 0.2) is 0 Å². The van der Waals surface area contributed by atoms with Gasteiger partial charge in [-0.1, -0.05) is 91.4 Å². The molecule has 3 heteroatoms. The van der Waals surface area contributed by atoms with Crippen molar-refractivity contribution in [3.05, 3.63) is 0 Å². The zero-order valence-electron chi connectivity index (χ0n) is 16.1. The lowest BCUT2D eigenvalue weighted by Gasteiger charge is -2.16. The summed E-state index contributed by atoms with van der Waals surface area (Å²) in [4.78, 5) is 11.4. The van der Waals surface area contributed by atoms with Gasteiger partial charge in [0.2, 0.25) is 0 Å². The molecule has 0 saturated carbocycles. The normalized spacial score (nSPS) is 12.4. The highest BCUT2D eigenvalue weighted by Gasteiger charge is 2.13. The van der Waals surface area contributed by atoms with Crippen molar-refractivity contribution in [1.82, 2.24) is 0 Å². The summed E-state index contributed by atoms with van der Waals surface area (Å²) in [6.45, 7) is 8.71. The molecule has 0 aromatic heterocycles. The van der Waals surface area contributed by atoms with Crippen molar-refractivity contribution in [2.45, 2.75) is 111 Å². The molecule has 0 aromatic carbocycles. The van der Waals surface area contributed by atoms with Crippen LogP contribution < -0.4 is 0 Å². The molecule has 0 N–H and O–H groups in total. The third-order valence-electron chi connectivity index (χ3n) is 4.44. The first kappa shape index (κ1) is 22.3. The van der Waals surface area contributed by atoms with E-state index < -0.39 is 6.16 Å². The fourth-order valence-electron chi connectivity index (χ4n) is 2.42. The van der Waals surface area contributed by atoms with E-state index in [2.05, 4.69) is 6.92 Å². The Morgan fingerprint density at radius 3 is 1.61 bits per heavy atom. The Morgan fingerprint density at radius 1 is 0.739 bits per heavy atom. The highest BCUT2D eigenvalue weighted by molar-refractivity contribution is 5.60. The number of carbonyl (C=O) groups excluding carboxylic acids is 1. The third-order valence-corrected chi connectivity index (χ3v) is 4.44. The zero-order valence-corrected chi connectivity index (χ0v) is 16.1. The summed E-state index contributed by atoms with van der Waals surface area (Å²) < 4.78 is 10.3. The van der Waals surface area contributed by atoms with Crippen molar-refractivity contribution in [3.63, 3.8) is 0 Å². The lowest BCUT2D eigenvalue weighted by Crippen LogP contribution is -2.21. The molecule has 0 aliphatic carbocycles. The molecule has 1 unspecified atom stereocenters. The number of hydrogen-bond donors (Lipinski definition) is 0. The van der Waals surface area contributed by atoms with Gasteiger partial charge in [0, 0.05) is 0 Å². The molecule has 0 rings (SSSR count). The molecule has 0 spiro atoms. The van der Waals surface area contributed by atoms with Crippen LogP contribution in [0.4, 0.5) is 4.79 Å². The average molecular weight is 329 g/mol. The maximum Gasteiger partial charge on any atom is 0.508 e. The van der Waals surface area contributed by atoms with Crippen LogP contribution in [0, 0.1) is 5.92 Å². The molecule has 0 fully saturated rings. The standard InChI is InChI=1S/C20H40O3/c1-5-6-7-8-9-10-11-12-13-14-15-16-17-22-20(21)23-19(4)18(2)3/h18-19H,5-17H2,1-4H3. The van der Waals surface area contributed by atoms with Crippen LogP contribution >= 0.6 is 0 Å². The maximum atomic E-state index is 11.4. The first-order chi connectivity index (χ1) is 11.1. The van der Waals surface area contributed by atoms with Crippen LogP contribution in [0.1, 0.15) is 105 Å². The molecule has 23 heavy (non-hydrogen) atoms. The van der Waals surface area contributed by atoms with Crippen molar-refractivity contribution in [2.75, 3.05) is 6.61 Å². The smallest absolute Gasteiger partial charge is 0.434 e. The molecule has 0 bridgehead atoms. The molecule has 138 valence electrons. The highest BCUT2D eigenvalue weighted by atomic mass is 16.7. The summed E-state index contributed by atoms with van der Waals surface area (Å²) in [6, 6.07) is 0. The number of unbranched alkanes of at least 4 members (excludes halogenated alkanes) is 11. The van der Waals surface area contributed by atoms with Gasteiger partial charge in [-0.2, -0.15) is 0 Å². The van der Waals surface area contributed by atoms with E-state index in [-0.39, 0.29) is 6.10 Å². The van der Waals surface area contributed by atoms with E-state index in [0.29, 0.717) is 12.5 Å². The summed E-state index contributed by atoms with van der Waals surface area (Å²) in [5.41, 5.74) is 0. The SMILES string of the molecule is CCCCCCCCCCCCCCOC(=O)OC(C)C(C)C. The van der Waals surface area contributed by atoms with E-state index >= 15 is 0 Å². The molecule has 3 nitrogen and oxygen atoms in total. The Kier molecular flexibility index (Phi) is 15.6. The Hall–Kier alpha value is -0.730. The minimum absolute atomic E-state index is 0.0792. The second-order valence-corrected chi connectivity index (χ2v) is 7.05. The monoisotopic (exact) mass is 328 g/mol. The van der Waals surface area contributed by atoms with E-state index in [0.717, 1.165) is 12.8 Å². The van der Waals surface area contributed by atoms with E-state index in [4.69, 9.17) is 9.47 Å². The number of carbonyl (C=O) groups is 1. The number of hydrogen-bond acceptors (Lipinski definition) is 3. The van der Waals surface area contributed by atoms with E-state index in [1.165, 1.54) is 64.2 Å². The molecular weight excluding hydrogens is 288 g/mol. The largest absolute Gasteiger partial charge is 0.508 e. The first-order valence-electron chi connectivity index (χ1n) is 9.91. The van der Waals surface area contributed by atoms with Crippen LogP contribution in [0.2, 0.25) is 0 Å². The summed E-state index contributed by atoms with van der Waals surface area (Å²) in [5.74, 6) is 0.328. The van der Waals surface area contributed by atoms with E-state index in [1.54, 1.807) is 0 Å². The molecule has 0 saturated heterocycles. The third kappa shape index (κ3) is 15.9. The van der Waals surface area contributed by atoms with Crippen LogP contribution in [0.25, 0.3) is 0 Å². The summed E-state index contributed by atoms with van der Waals surface area (Å²) >= 11 is 0. The second kappa shape index (κ2) is 16.1. The molecule has 0 aromatic rings. The van der Waals surface area contributed by atoms with Gasteiger partial charge >= 0.3 is 6.16 Å². The van der Waals surface area contributed by atoms with Gasteiger partial charge in [-0.05, 0) is 19.3 Å². The molecule has 1 atom stereocenters. The van der Waals surface area contributed by atoms with Gasteiger partial charge in [-0.3, -0.25) is 0 Å². The van der Waals surface area contributed by atoms with Gasteiger partial charge in [0.25, 0.3) is 0 Å². The van der Waals surface area contributed by atoms with Gasteiger partial charge in [-0.25, -0.2) is 4.79 Å². The van der Waals surface area contributed by atoms with Gasteiger partial charge < -0.3 is 9.47 Å². The molecule has 0 heterocycles. The van der Waals surface area contributed by atoms with Crippen LogP contribution in [0.5, 0.6) is 0 Å². The van der Waals surface area contributed by atoms with Gasteiger partial charge in [0.05, 0.1) is 6.61 Å². The fraction of sp³-hybridized carbons (Fsp3) is 0.950. The lowest BCUT2D eigenvalue weighted by molar-refractivity contribution is 0.0140. The van der Waals surface area contributed by atoms with Crippen molar-refractivity contribution in [3.8, 4) is 0 Å². The minimum Gasteiger partial charge on any atom is -0.434 e. The van der Waals surface area contributed by atoms with Crippen molar-refractivity contribution in [1.29, 1.82) is 0 Å². The Balaban J connectivity index is 3.20. The van der Waals surface area contributed by atoms with Crippen LogP contribution in [-0.2, 0) is 9.47 Å². The van der Waals surface area contributed by atoms with E-state index in [1.807, 2.05) is 20.8 Å². The van der Waals surface area contributed by atoms with E-state index in [9.17, 15) is 4.79 Å². The lowest BCUT2D eigenvalue weighted by atomic mass is 10.1. The fourth-order valence-corrected chi connectivity index (χ4v) is 2.42. The maximum absolute atomic E-state index is 11.4.